The van der Waals surface area contributed by atoms with E-state index in [1.54, 1.807) is 6.92 Å². The quantitative estimate of drug-likeness (QED) is 0.850. The third kappa shape index (κ3) is 3.25. The van der Waals surface area contributed by atoms with Crippen molar-refractivity contribution in [2.24, 2.45) is 0 Å². The zero-order valence-corrected chi connectivity index (χ0v) is 12.4. The van der Waals surface area contributed by atoms with Gasteiger partial charge in [0.05, 0.1) is 7.11 Å². The Hall–Kier alpha value is -2.28. The predicted molar refractivity (Wildman–Crippen MR) is 79.4 cm³/mol. The summed E-state index contributed by atoms with van der Waals surface area (Å²) in [6.45, 7) is 1.55. The summed E-state index contributed by atoms with van der Waals surface area (Å²) >= 11 is 0. The summed E-state index contributed by atoms with van der Waals surface area (Å²) in [5, 5.41) is 0. The average molecular weight is 310 g/mol. The molecule has 0 fully saturated rings. The predicted octanol–water partition coefficient (Wildman–Crippen LogP) is 2.53. The lowest BCUT2D eigenvalue weighted by molar-refractivity contribution is 0.403. The van der Waals surface area contributed by atoms with E-state index in [0.29, 0.717) is 11.3 Å². The highest BCUT2D eigenvalue weighted by atomic mass is 32.2. The molecule has 7 heteroatoms. The second-order valence-corrected chi connectivity index (χ2v) is 6.13. The molecule has 21 heavy (non-hydrogen) atoms. The van der Waals surface area contributed by atoms with E-state index in [0.717, 1.165) is 0 Å². The zero-order valence-electron chi connectivity index (χ0n) is 11.6. The summed E-state index contributed by atoms with van der Waals surface area (Å²) < 4.78 is 45.3. The number of anilines is 2. The molecule has 2 rings (SSSR count). The summed E-state index contributed by atoms with van der Waals surface area (Å²) in [7, 11) is -2.50. The van der Waals surface area contributed by atoms with Crippen LogP contribution in [0.15, 0.2) is 41.3 Å². The number of aryl methyl sites for hydroxylation is 1. The standard InChI is InChI=1S/C14H15FN2O3S/c1-9-7-11(4-5-12(9)15)17-21(18,19)14-6-3-10(16)8-13(14)20-2/h3-8,17H,16H2,1-2H3. The first-order valence-corrected chi connectivity index (χ1v) is 7.54. The van der Waals surface area contributed by atoms with Crippen LogP contribution in [0.1, 0.15) is 5.56 Å². The lowest BCUT2D eigenvalue weighted by Gasteiger charge is -2.12. The second-order valence-electron chi connectivity index (χ2n) is 4.48. The normalized spacial score (nSPS) is 11.2. The zero-order chi connectivity index (χ0) is 15.6. The first-order chi connectivity index (χ1) is 9.83. The Bertz CT molecular complexity index is 776. The molecule has 0 saturated heterocycles. The molecule has 0 spiro atoms. The number of nitrogens with one attached hydrogen (secondary N) is 1. The molecule has 0 saturated carbocycles. The summed E-state index contributed by atoms with van der Waals surface area (Å²) in [5.74, 6) is -0.260. The highest BCUT2D eigenvalue weighted by Gasteiger charge is 2.20. The molecule has 2 aromatic carbocycles. The highest BCUT2D eigenvalue weighted by Crippen LogP contribution is 2.28. The topological polar surface area (TPSA) is 81.4 Å². The fourth-order valence-electron chi connectivity index (χ4n) is 1.82. The maximum absolute atomic E-state index is 13.2. The van der Waals surface area contributed by atoms with Gasteiger partial charge in [0.2, 0.25) is 0 Å². The van der Waals surface area contributed by atoms with Gasteiger partial charge in [0.15, 0.2) is 0 Å². The second kappa shape index (κ2) is 5.61. The number of nitrogen functional groups attached to an aromatic ring is 1. The van der Waals surface area contributed by atoms with Crippen molar-refractivity contribution in [2.45, 2.75) is 11.8 Å². The maximum atomic E-state index is 13.2. The van der Waals surface area contributed by atoms with Gasteiger partial charge >= 0.3 is 0 Å². The molecule has 0 amide bonds. The van der Waals surface area contributed by atoms with Crippen molar-refractivity contribution < 1.29 is 17.5 Å². The van der Waals surface area contributed by atoms with E-state index in [4.69, 9.17) is 10.5 Å². The Morgan fingerprint density at radius 3 is 2.52 bits per heavy atom. The van der Waals surface area contributed by atoms with Crippen LogP contribution in [0.4, 0.5) is 15.8 Å². The molecular formula is C14H15FN2O3S. The van der Waals surface area contributed by atoms with Crippen LogP contribution in [0, 0.1) is 12.7 Å². The van der Waals surface area contributed by atoms with Crippen molar-refractivity contribution in [3.05, 3.63) is 47.8 Å². The molecule has 112 valence electrons. The van der Waals surface area contributed by atoms with Gasteiger partial charge in [-0.05, 0) is 42.8 Å². The van der Waals surface area contributed by atoms with E-state index < -0.39 is 15.8 Å². The van der Waals surface area contributed by atoms with Gasteiger partial charge in [-0.15, -0.1) is 0 Å². The van der Waals surface area contributed by atoms with Gasteiger partial charge in [0.1, 0.15) is 16.5 Å². The SMILES string of the molecule is COc1cc(N)ccc1S(=O)(=O)Nc1ccc(F)c(C)c1. The molecule has 0 aliphatic heterocycles. The molecular weight excluding hydrogens is 295 g/mol. The van der Waals surface area contributed by atoms with Crippen LogP contribution in [0.2, 0.25) is 0 Å². The van der Waals surface area contributed by atoms with Crippen molar-refractivity contribution in [1.29, 1.82) is 0 Å². The van der Waals surface area contributed by atoms with E-state index in [2.05, 4.69) is 4.72 Å². The van der Waals surface area contributed by atoms with Crippen molar-refractivity contribution in [3.63, 3.8) is 0 Å². The lowest BCUT2D eigenvalue weighted by atomic mass is 10.2. The molecule has 0 aliphatic rings. The molecule has 5 nitrogen and oxygen atoms in total. The Morgan fingerprint density at radius 2 is 1.90 bits per heavy atom. The summed E-state index contributed by atoms with van der Waals surface area (Å²) in [5.41, 5.74) is 6.61. The number of hydrogen-bond acceptors (Lipinski definition) is 4. The van der Waals surface area contributed by atoms with Crippen LogP contribution in [-0.2, 0) is 10.0 Å². The molecule has 0 aromatic heterocycles. The monoisotopic (exact) mass is 310 g/mol. The molecule has 0 bridgehead atoms. The van der Waals surface area contributed by atoms with Gasteiger partial charge < -0.3 is 10.5 Å². The Labute approximate surface area is 122 Å². The van der Waals surface area contributed by atoms with Crippen LogP contribution >= 0.6 is 0 Å². The number of ether oxygens (including phenoxy) is 1. The van der Waals surface area contributed by atoms with Crippen molar-refractivity contribution >= 4 is 21.4 Å². The number of halogens is 1. The van der Waals surface area contributed by atoms with Crippen molar-refractivity contribution in [3.8, 4) is 5.75 Å². The van der Waals surface area contributed by atoms with E-state index in [1.807, 2.05) is 0 Å². The molecule has 0 aliphatic carbocycles. The smallest absolute Gasteiger partial charge is 0.265 e. The molecule has 3 N–H and O–H groups in total. The van der Waals surface area contributed by atoms with Crippen LogP contribution in [-0.4, -0.2) is 15.5 Å². The number of methoxy groups -OCH3 is 1. The van der Waals surface area contributed by atoms with Gasteiger partial charge in [-0.1, -0.05) is 0 Å². The van der Waals surface area contributed by atoms with E-state index >= 15 is 0 Å². The molecule has 0 radical (unpaired) electrons. The number of hydrogen-bond donors (Lipinski definition) is 2. The minimum absolute atomic E-state index is 0.0406. The maximum Gasteiger partial charge on any atom is 0.265 e. The van der Waals surface area contributed by atoms with Gasteiger partial charge in [-0.3, -0.25) is 4.72 Å². The third-order valence-electron chi connectivity index (χ3n) is 2.89. The van der Waals surface area contributed by atoms with E-state index in [9.17, 15) is 12.8 Å². The number of benzene rings is 2. The summed E-state index contributed by atoms with van der Waals surface area (Å²) in [6, 6.07) is 8.21. The van der Waals surface area contributed by atoms with Crippen LogP contribution in [0.5, 0.6) is 5.75 Å². The first-order valence-electron chi connectivity index (χ1n) is 6.06. The van der Waals surface area contributed by atoms with Crippen molar-refractivity contribution in [2.75, 3.05) is 17.6 Å². The molecule has 0 atom stereocenters. The minimum atomic E-state index is -3.86. The lowest BCUT2D eigenvalue weighted by Crippen LogP contribution is -2.14. The number of nitrogens with two attached hydrogens (primary N) is 1. The average Bonchev–Trinajstić information content (AvgIpc) is 2.42. The molecule has 2 aromatic rings. The van der Waals surface area contributed by atoms with Crippen molar-refractivity contribution in [1.82, 2.24) is 0 Å². The van der Waals surface area contributed by atoms with Crippen LogP contribution in [0.25, 0.3) is 0 Å². The third-order valence-corrected chi connectivity index (χ3v) is 4.31. The number of sulfonamides is 1. The Balaban J connectivity index is 2.40. The summed E-state index contributed by atoms with van der Waals surface area (Å²) in [4.78, 5) is -0.0406. The van der Waals surface area contributed by atoms with E-state index in [-0.39, 0.29) is 16.3 Å². The largest absolute Gasteiger partial charge is 0.495 e. The molecule has 0 unspecified atom stereocenters. The van der Waals surface area contributed by atoms with Gasteiger partial charge in [-0.25, -0.2) is 12.8 Å². The fraction of sp³-hybridized carbons (Fsp3) is 0.143. The van der Waals surface area contributed by atoms with Gasteiger partial charge in [0.25, 0.3) is 10.0 Å². The van der Waals surface area contributed by atoms with Gasteiger partial charge in [0, 0.05) is 17.4 Å². The van der Waals surface area contributed by atoms with Gasteiger partial charge in [-0.2, -0.15) is 0 Å². The fourth-order valence-corrected chi connectivity index (χ4v) is 3.03. The van der Waals surface area contributed by atoms with E-state index in [1.165, 1.54) is 43.5 Å². The first kappa shape index (κ1) is 15.1. The minimum Gasteiger partial charge on any atom is -0.495 e. The van der Waals surface area contributed by atoms with Crippen LogP contribution < -0.4 is 15.2 Å². The Morgan fingerprint density at radius 1 is 1.19 bits per heavy atom. The van der Waals surface area contributed by atoms with Crippen LogP contribution in [0.3, 0.4) is 0 Å². The highest BCUT2D eigenvalue weighted by molar-refractivity contribution is 7.92. The Kier molecular flexibility index (Phi) is 4.04. The molecule has 0 heterocycles. The number of rotatable bonds is 4. The summed E-state index contributed by atoms with van der Waals surface area (Å²) in [6.07, 6.45) is 0.